The van der Waals surface area contributed by atoms with Gasteiger partial charge in [-0.3, -0.25) is 9.69 Å². The van der Waals surface area contributed by atoms with Gasteiger partial charge in [-0.2, -0.15) is 0 Å². The monoisotopic (exact) mass is 229 g/mol. The van der Waals surface area contributed by atoms with Crippen LogP contribution >= 0.6 is 0 Å². The molecule has 0 saturated carbocycles. The van der Waals surface area contributed by atoms with E-state index in [0.29, 0.717) is 0 Å². The van der Waals surface area contributed by atoms with Crippen molar-refractivity contribution in [3.63, 3.8) is 0 Å². The van der Waals surface area contributed by atoms with Crippen molar-refractivity contribution in [3.05, 3.63) is 30.5 Å². The number of fused-ring (bicyclic) bond motifs is 1. The van der Waals surface area contributed by atoms with E-state index in [-0.39, 0.29) is 0 Å². The number of nitrogens with one attached hydrogen (secondary N) is 1. The highest BCUT2D eigenvalue weighted by Gasteiger charge is 2.11. The minimum Gasteiger partial charge on any atom is -0.347 e. The highest BCUT2D eigenvalue weighted by Crippen LogP contribution is 2.25. The zero-order valence-electron chi connectivity index (χ0n) is 10.1. The molecule has 0 fully saturated rings. The van der Waals surface area contributed by atoms with Crippen molar-refractivity contribution in [2.75, 3.05) is 11.4 Å². The lowest BCUT2D eigenvalue weighted by Crippen LogP contribution is -2.22. The Morgan fingerprint density at radius 1 is 1.29 bits per heavy atom. The standard InChI is InChI=1S/C14H17N2O/c1-2-3-6-9-16(11-17)14-13-8-5-4-7-12(13)10-15-14/h4-5,7-8,10,15H,2-3,6,9H2,1H3. The van der Waals surface area contributed by atoms with Crippen LogP contribution in [0.15, 0.2) is 30.5 Å². The van der Waals surface area contributed by atoms with E-state index in [4.69, 9.17) is 0 Å². The molecule has 89 valence electrons. The summed E-state index contributed by atoms with van der Waals surface area (Å²) in [6.45, 7) is 2.88. The zero-order chi connectivity index (χ0) is 12.1. The number of aromatic amines is 1. The largest absolute Gasteiger partial charge is 0.347 e. The van der Waals surface area contributed by atoms with Crippen LogP contribution in [0.25, 0.3) is 10.8 Å². The topological polar surface area (TPSA) is 36.1 Å². The van der Waals surface area contributed by atoms with Gasteiger partial charge in [-0.15, -0.1) is 0 Å². The van der Waals surface area contributed by atoms with Crippen LogP contribution in [0.5, 0.6) is 0 Å². The van der Waals surface area contributed by atoms with E-state index in [1.807, 2.05) is 36.9 Å². The fourth-order valence-corrected chi connectivity index (χ4v) is 2.01. The van der Waals surface area contributed by atoms with Gasteiger partial charge in [-0.1, -0.05) is 44.0 Å². The van der Waals surface area contributed by atoms with Gasteiger partial charge in [0.25, 0.3) is 0 Å². The molecule has 1 heterocycles. The first kappa shape index (κ1) is 11.7. The Labute approximate surface area is 101 Å². The number of benzene rings is 1. The molecule has 0 atom stereocenters. The maximum atomic E-state index is 11.0. The molecule has 0 aliphatic heterocycles. The number of anilines is 1. The van der Waals surface area contributed by atoms with Crippen LogP contribution in [0.3, 0.4) is 0 Å². The summed E-state index contributed by atoms with van der Waals surface area (Å²) in [6, 6.07) is 8.02. The maximum absolute atomic E-state index is 11.0. The molecule has 2 aromatic rings. The van der Waals surface area contributed by atoms with Gasteiger partial charge in [0, 0.05) is 23.5 Å². The Balaban J connectivity index is 2.21. The molecule has 0 saturated heterocycles. The van der Waals surface area contributed by atoms with Gasteiger partial charge in [0.05, 0.1) is 0 Å². The average molecular weight is 229 g/mol. The molecular formula is C14H17N2O. The van der Waals surface area contributed by atoms with E-state index in [9.17, 15) is 4.79 Å². The maximum Gasteiger partial charge on any atom is 0.318 e. The molecule has 0 spiro atoms. The third-order valence-electron chi connectivity index (χ3n) is 2.95. The third-order valence-corrected chi connectivity index (χ3v) is 2.95. The number of aromatic nitrogens is 1. The van der Waals surface area contributed by atoms with Gasteiger partial charge in [0.1, 0.15) is 5.82 Å². The van der Waals surface area contributed by atoms with Gasteiger partial charge in [0.15, 0.2) is 0 Å². The summed E-state index contributed by atoms with van der Waals surface area (Å²) in [6.07, 6.45) is 7.23. The van der Waals surface area contributed by atoms with Gasteiger partial charge in [-0.05, 0) is 6.42 Å². The van der Waals surface area contributed by atoms with E-state index in [2.05, 4.69) is 11.9 Å². The Kier molecular flexibility index (Phi) is 3.81. The number of amides is 1. The van der Waals surface area contributed by atoms with Crippen LogP contribution in [-0.4, -0.2) is 17.9 Å². The molecule has 3 heteroatoms. The zero-order valence-corrected chi connectivity index (χ0v) is 10.1. The molecule has 1 radical (unpaired) electrons. The minimum absolute atomic E-state index is 0.724. The van der Waals surface area contributed by atoms with Crippen LogP contribution in [0, 0.1) is 0 Å². The second-order valence-corrected chi connectivity index (χ2v) is 4.17. The van der Waals surface area contributed by atoms with E-state index >= 15 is 0 Å². The number of carbonyl (C=O) groups excluding carboxylic acids is 1. The summed E-state index contributed by atoms with van der Waals surface area (Å²) in [5.74, 6) is 0.853. The van der Waals surface area contributed by atoms with E-state index in [0.717, 1.165) is 42.4 Å². The number of unbranched alkanes of at least 4 members (excludes halogenated alkanes) is 2. The van der Waals surface area contributed by atoms with Gasteiger partial charge >= 0.3 is 6.41 Å². The molecule has 1 aromatic carbocycles. The van der Waals surface area contributed by atoms with Crippen LogP contribution in [0.1, 0.15) is 26.2 Å². The molecule has 2 rings (SSSR count). The first-order chi connectivity index (χ1) is 8.36. The predicted molar refractivity (Wildman–Crippen MR) is 70.9 cm³/mol. The Morgan fingerprint density at radius 2 is 2.12 bits per heavy atom. The summed E-state index contributed by atoms with van der Waals surface area (Å²) in [5.41, 5.74) is 0. The summed E-state index contributed by atoms with van der Waals surface area (Å²) >= 11 is 0. The van der Waals surface area contributed by atoms with Crippen molar-refractivity contribution in [1.29, 1.82) is 0 Å². The second-order valence-electron chi connectivity index (χ2n) is 4.17. The lowest BCUT2D eigenvalue weighted by Gasteiger charge is -2.14. The highest BCUT2D eigenvalue weighted by atomic mass is 16.1. The van der Waals surface area contributed by atoms with Gasteiger partial charge in [-0.25, -0.2) is 0 Å². The van der Waals surface area contributed by atoms with E-state index < -0.39 is 0 Å². The number of hydrogen-bond acceptors (Lipinski definition) is 1. The summed E-state index contributed by atoms with van der Waals surface area (Å²) < 4.78 is 0. The van der Waals surface area contributed by atoms with Gasteiger partial charge < -0.3 is 4.98 Å². The Bertz CT molecular complexity index is 490. The molecule has 1 N–H and O–H groups in total. The molecular weight excluding hydrogens is 212 g/mol. The van der Waals surface area contributed by atoms with Crippen molar-refractivity contribution >= 4 is 23.0 Å². The SMILES string of the molecule is CCCCCN([C]=O)c1[nH]cc2ccccc12. The lowest BCUT2D eigenvalue weighted by molar-refractivity contribution is 0.548. The molecule has 1 aromatic heterocycles. The first-order valence-electron chi connectivity index (χ1n) is 6.08. The van der Waals surface area contributed by atoms with Gasteiger partial charge in [0.2, 0.25) is 0 Å². The molecule has 0 bridgehead atoms. The number of hydrogen-bond donors (Lipinski definition) is 1. The van der Waals surface area contributed by atoms with E-state index in [1.54, 1.807) is 4.90 Å². The van der Waals surface area contributed by atoms with Crippen LogP contribution in [0.2, 0.25) is 0 Å². The highest BCUT2D eigenvalue weighted by molar-refractivity contribution is 5.97. The van der Waals surface area contributed by atoms with Crippen LogP contribution in [0.4, 0.5) is 5.82 Å². The Morgan fingerprint density at radius 3 is 2.88 bits per heavy atom. The number of rotatable bonds is 6. The molecule has 0 aliphatic carbocycles. The predicted octanol–water partition coefficient (Wildman–Crippen LogP) is 3.23. The summed E-state index contributed by atoms with van der Waals surface area (Å²) in [4.78, 5) is 15.8. The molecule has 1 amide bonds. The first-order valence-corrected chi connectivity index (χ1v) is 6.08. The van der Waals surface area contributed by atoms with Crippen LogP contribution in [-0.2, 0) is 4.79 Å². The average Bonchev–Trinajstić information content (AvgIpc) is 2.79. The summed E-state index contributed by atoms with van der Waals surface area (Å²) in [5, 5.41) is 2.20. The van der Waals surface area contributed by atoms with Crippen molar-refractivity contribution < 1.29 is 4.79 Å². The van der Waals surface area contributed by atoms with Crippen molar-refractivity contribution in [2.24, 2.45) is 0 Å². The minimum atomic E-state index is 0.724. The fourth-order valence-electron chi connectivity index (χ4n) is 2.01. The Hall–Kier alpha value is -1.77. The molecule has 17 heavy (non-hydrogen) atoms. The fraction of sp³-hybridized carbons (Fsp3) is 0.357. The van der Waals surface area contributed by atoms with E-state index in [1.165, 1.54) is 0 Å². The molecule has 0 aliphatic rings. The molecule has 3 nitrogen and oxygen atoms in total. The normalized spacial score (nSPS) is 10.6. The second kappa shape index (κ2) is 5.53. The van der Waals surface area contributed by atoms with Crippen LogP contribution < -0.4 is 4.90 Å². The van der Waals surface area contributed by atoms with Crippen molar-refractivity contribution in [1.82, 2.24) is 4.98 Å². The smallest absolute Gasteiger partial charge is 0.318 e. The number of nitrogens with zero attached hydrogens (tertiary/aromatic N) is 1. The van der Waals surface area contributed by atoms with Crippen molar-refractivity contribution in [2.45, 2.75) is 26.2 Å². The van der Waals surface area contributed by atoms with Crippen molar-refractivity contribution in [3.8, 4) is 0 Å². The number of H-pyrrole nitrogens is 1. The summed E-state index contributed by atoms with van der Waals surface area (Å²) in [7, 11) is 0. The quantitative estimate of drug-likeness (QED) is 0.599. The third kappa shape index (κ3) is 2.49. The lowest BCUT2D eigenvalue weighted by atomic mass is 10.2. The molecule has 0 unspecified atom stereocenters.